The highest BCUT2D eigenvalue weighted by Gasteiger charge is 2.12. The normalized spacial score (nSPS) is 11.9. The van der Waals surface area contributed by atoms with E-state index in [0.717, 1.165) is 17.5 Å². The molecule has 4 heteroatoms. The van der Waals surface area contributed by atoms with Crippen LogP contribution in [0.5, 0.6) is 0 Å². The molecule has 3 nitrogen and oxygen atoms in total. The molecule has 21 heavy (non-hydrogen) atoms. The summed E-state index contributed by atoms with van der Waals surface area (Å²) in [6.45, 7) is 0.544. The minimum absolute atomic E-state index is 0.0740. The van der Waals surface area contributed by atoms with E-state index >= 15 is 0 Å². The highest BCUT2D eigenvalue weighted by atomic mass is 35.5. The van der Waals surface area contributed by atoms with E-state index in [-0.39, 0.29) is 12.3 Å². The number of hydrogen-bond donors (Lipinski definition) is 2. The third-order valence-corrected chi connectivity index (χ3v) is 3.46. The number of carbonyl (C=O) groups is 1. The lowest BCUT2D eigenvalue weighted by atomic mass is 10.1. The van der Waals surface area contributed by atoms with Gasteiger partial charge in [-0.25, -0.2) is 0 Å². The maximum atomic E-state index is 11.8. The molecule has 2 N–H and O–H groups in total. The van der Waals surface area contributed by atoms with Crippen molar-refractivity contribution < 1.29 is 9.90 Å². The van der Waals surface area contributed by atoms with Crippen molar-refractivity contribution >= 4 is 17.5 Å². The SMILES string of the molecule is O=C(CC(O)c1ccccc1)NCCc1ccc(Cl)cc1. The molecule has 0 heterocycles. The lowest BCUT2D eigenvalue weighted by Crippen LogP contribution is -2.27. The molecular weight excluding hydrogens is 286 g/mol. The summed E-state index contributed by atoms with van der Waals surface area (Å²) in [5.74, 6) is -0.152. The van der Waals surface area contributed by atoms with Crippen LogP contribution in [0.3, 0.4) is 0 Å². The molecule has 1 unspecified atom stereocenters. The van der Waals surface area contributed by atoms with E-state index in [1.165, 1.54) is 0 Å². The topological polar surface area (TPSA) is 49.3 Å². The zero-order valence-corrected chi connectivity index (χ0v) is 12.4. The third kappa shape index (κ3) is 5.21. The van der Waals surface area contributed by atoms with Crippen molar-refractivity contribution in [3.05, 3.63) is 70.7 Å². The fourth-order valence-electron chi connectivity index (χ4n) is 2.04. The van der Waals surface area contributed by atoms with Crippen molar-refractivity contribution in [3.63, 3.8) is 0 Å². The number of amides is 1. The lowest BCUT2D eigenvalue weighted by Gasteiger charge is -2.11. The van der Waals surface area contributed by atoms with Gasteiger partial charge in [0.25, 0.3) is 0 Å². The average molecular weight is 304 g/mol. The van der Waals surface area contributed by atoms with Crippen LogP contribution >= 0.6 is 11.6 Å². The van der Waals surface area contributed by atoms with Crippen LogP contribution in [0.4, 0.5) is 0 Å². The number of nitrogens with one attached hydrogen (secondary N) is 1. The summed E-state index contributed by atoms with van der Waals surface area (Å²) < 4.78 is 0. The quantitative estimate of drug-likeness (QED) is 0.861. The largest absolute Gasteiger partial charge is 0.388 e. The van der Waals surface area contributed by atoms with Gasteiger partial charge >= 0.3 is 0 Å². The van der Waals surface area contributed by atoms with Gasteiger partial charge in [0, 0.05) is 11.6 Å². The van der Waals surface area contributed by atoms with Gasteiger partial charge in [-0.2, -0.15) is 0 Å². The van der Waals surface area contributed by atoms with Gasteiger partial charge in [-0.05, 0) is 29.7 Å². The molecule has 1 atom stereocenters. The maximum Gasteiger partial charge on any atom is 0.222 e. The Balaban J connectivity index is 1.73. The van der Waals surface area contributed by atoms with E-state index in [9.17, 15) is 9.90 Å². The first kappa shape index (κ1) is 15.5. The van der Waals surface area contributed by atoms with Crippen LogP contribution in [0.2, 0.25) is 5.02 Å². The molecule has 0 fully saturated rings. The molecule has 2 aromatic carbocycles. The molecule has 2 rings (SSSR count). The Kier molecular flexibility index (Phi) is 5.78. The number of carbonyl (C=O) groups excluding carboxylic acids is 1. The molecule has 2 aromatic rings. The summed E-state index contributed by atoms with van der Waals surface area (Å²) in [5, 5.41) is 13.5. The second kappa shape index (κ2) is 7.81. The third-order valence-electron chi connectivity index (χ3n) is 3.21. The van der Waals surface area contributed by atoms with Gasteiger partial charge in [0.05, 0.1) is 12.5 Å². The predicted molar refractivity (Wildman–Crippen MR) is 84.2 cm³/mol. The molecule has 0 aliphatic heterocycles. The van der Waals surface area contributed by atoms with Crippen LogP contribution in [-0.2, 0) is 11.2 Å². The first-order valence-electron chi connectivity index (χ1n) is 6.89. The second-order valence-corrected chi connectivity index (χ2v) is 5.29. The molecule has 110 valence electrons. The van der Waals surface area contributed by atoms with Crippen LogP contribution in [0.15, 0.2) is 54.6 Å². The van der Waals surface area contributed by atoms with Gasteiger partial charge in [0.15, 0.2) is 0 Å². The summed E-state index contributed by atoms with van der Waals surface area (Å²) in [7, 11) is 0. The Labute approximate surface area is 129 Å². The first-order chi connectivity index (χ1) is 10.1. The van der Waals surface area contributed by atoms with E-state index in [4.69, 9.17) is 11.6 Å². The van der Waals surface area contributed by atoms with Gasteiger partial charge in [-0.3, -0.25) is 4.79 Å². The molecule has 1 amide bonds. The molecule has 0 saturated carbocycles. The Bertz CT molecular complexity index is 569. The van der Waals surface area contributed by atoms with E-state index in [1.807, 2.05) is 54.6 Å². The molecule has 0 bridgehead atoms. The highest BCUT2D eigenvalue weighted by Crippen LogP contribution is 2.15. The van der Waals surface area contributed by atoms with Gasteiger partial charge in [0.1, 0.15) is 0 Å². The Morgan fingerprint density at radius 2 is 1.76 bits per heavy atom. The van der Waals surface area contributed by atoms with Crippen LogP contribution in [-0.4, -0.2) is 17.6 Å². The smallest absolute Gasteiger partial charge is 0.222 e. The van der Waals surface area contributed by atoms with E-state index in [2.05, 4.69) is 5.32 Å². The molecule has 0 spiro atoms. The summed E-state index contributed by atoms with van der Waals surface area (Å²) in [4.78, 5) is 11.8. The van der Waals surface area contributed by atoms with Crippen molar-refractivity contribution in [2.24, 2.45) is 0 Å². The van der Waals surface area contributed by atoms with Gasteiger partial charge in [-0.1, -0.05) is 54.1 Å². The zero-order valence-electron chi connectivity index (χ0n) is 11.6. The molecule has 0 radical (unpaired) electrons. The number of hydrogen-bond acceptors (Lipinski definition) is 2. The molecule has 0 aromatic heterocycles. The fraction of sp³-hybridized carbons (Fsp3) is 0.235. The molecular formula is C17H18ClNO2. The Morgan fingerprint density at radius 1 is 1.10 bits per heavy atom. The maximum absolute atomic E-state index is 11.8. The van der Waals surface area contributed by atoms with Gasteiger partial charge < -0.3 is 10.4 Å². The lowest BCUT2D eigenvalue weighted by molar-refractivity contribution is -0.123. The van der Waals surface area contributed by atoms with E-state index in [0.29, 0.717) is 11.6 Å². The van der Waals surface area contributed by atoms with Crippen molar-refractivity contribution in [1.82, 2.24) is 5.32 Å². The second-order valence-electron chi connectivity index (χ2n) is 4.86. The molecule has 0 aliphatic carbocycles. The molecule has 0 aliphatic rings. The number of aliphatic hydroxyl groups excluding tert-OH is 1. The number of aliphatic hydroxyl groups is 1. The average Bonchev–Trinajstić information content (AvgIpc) is 2.50. The minimum Gasteiger partial charge on any atom is -0.388 e. The van der Waals surface area contributed by atoms with Crippen LogP contribution in [0.25, 0.3) is 0 Å². The monoisotopic (exact) mass is 303 g/mol. The number of benzene rings is 2. The van der Waals surface area contributed by atoms with E-state index < -0.39 is 6.10 Å². The minimum atomic E-state index is -0.762. The number of halogens is 1. The van der Waals surface area contributed by atoms with Crippen molar-refractivity contribution in [2.45, 2.75) is 18.9 Å². The summed E-state index contributed by atoms with van der Waals surface area (Å²) in [5.41, 5.74) is 1.87. The highest BCUT2D eigenvalue weighted by molar-refractivity contribution is 6.30. The number of rotatable bonds is 6. The van der Waals surface area contributed by atoms with Crippen LogP contribution in [0, 0.1) is 0 Å². The van der Waals surface area contributed by atoms with Crippen LogP contribution in [0.1, 0.15) is 23.7 Å². The molecule has 0 saturated heterocycles. The summed E-state index contributed by atoms with van der Waals surface area (Å²) in [6, 6.07) is 16.7. The standard InChI is InChI=1S/C17H18ClNO2/c18-15-8-6-13(7-9-15)10-11-19-17(21)12-16(20)14-4-2-1-3-5-14/h1-9,16,20H,10-12H2,(H,19,21). The van der Waals surface area contributed by atoms with Crippen molar-refractivity contribution in [3.8, 4) is 0 Å². The van der Waals surface area contributed by atoms with Crippen molar-refractivity contribution in [2.75, 3.05) is 6.54 Å². The first-order valence-corrected chi connectivity index (χ1v) is 7.27. The van der Waals surface area contributed by atoms with E-state index in [1.54, 1.807) is 0 Å². The predicted octanol–water partition coefficient (Wildman–Crippen LogP) is 3.12. The summed E-state index contributed by atoms with van der Waals surface area (Å²) in [6.07, 6.45) is 0.0522. The van der Waals surface area contributed by atoms with Crippen LogP contribution < -0.4 is 5.32 Å². The van der Waals surface area contributed by atoms with Gasteiger partial charge in [-0.15, -0.1) is 0 Å². The Hall–Kier alpha value is -1.84. The fourth-order valence-corrected chi connectivity index (χ4v) is 2.16. The Morgan fingerprint density at radius 3 is 2.43 bits per heavy atom. The van der Waals surface area contributed by atoms with Crippen molar-refractivity contribution in [1.29, 1.82) is 0 Å². The van der Waals surface area contributed by atoms with Gasteiger partial charge in [0.2, 0.25) is 5.91 Å². The summed E-state index contributed by atoms with van der Waals surface area (Å²) >= 11 is 5.81. The zero-order chi connectivity index (χ0) is 15.1.